The Bertz CT molecular complexity index is 1420. The molecule has 36 heavy (non-hydrogen) atoms. The Labute approximate surface area is 208 Å². The number of hydrogen-bond acceptors (Lipinski definition) is 4. The lowest BCUT2D eigenvalue weighted by Crippen LogP contribution is -2.54. The molecule has 0 saturated carbocycles. The number of amides is 3. The van der Waals surface area contributed by atoms with Crippen molar-refractivity contribution in [3.8, 4) is 0 Å². The summed E-state index contributed by atoms with van der Waals surface area (Å²) in [7, 11) is 1.29. The number of fused-ring (bicyclic) bond motifs is 2. The number of aromatic amines is 1. The summed E-state index contributed by atoms with van der Waals surface area (Å²) in [6, 6.07) is 23.0. The van der Waals surface area contributed by atoms with Gasteiger partial charge >= 0.3 is 12.0 Å². The fraction of sp³-hybridized carbons (Fsp3) is 0.179. The molecule has 5 rings (SSSR count). The van der Waals surface area contributed by atoms with Gasteiger partial charge in [-0.25, -0.2) is 19.6 Å². The maximum Gasteiger partial charge on any atom is 0.337 e. The number of urea groups is 1. The number of benzene rings is 3. The summed E-state index contributed by atoms with van der Waals surface area (Å²) < 4.78 is 5.01. The van der Waals surface area contributed by atoms with E-state index in [0.29, 0.717) is 5.56 Å². The van der Waals surface area contributed by atoms with Gasteiger partial charge in [0, 0.05) is 29.1 Å². The van der Waals surface area contributed by atoms with Gasteiger partial charge in [-0.3, -0.25) is 4.79 Å². The minimum absolute atomic E-state index is 0.160. The highest BCUT2D eigenvalue weighted by atomic mass is 16.5. The Kier molecular flexibility index (Phi) is 6.40. The number of nitrogens with one attached hydrogen (secondary N) is 2. The van der Waals surface area contributed by atoms with Gasteiger partial charge in [-0.2, -0.15) is 0 Å². The normalized spacial score (nSPS) is 13.4. The highest BCUT2D eigenvalue weighted by Gasteiger charge is 2.35. The van der Waals surface area contributed by atoms with Gasteiger partial charge in [-0.15, -0.1) is 0 Å². The van der Waals surface area contributed by atoms with Crippen molar-refractivity contribution in [1.29, 1.82) is 0 Å². The summed E-state index contributed by atoms with van der Waals surface area (Å²) in [6.07, 6.45) is 2.06. The first-order valence-electron chi connectivity index (χ1n) is 11.7. The molecule has 1 aliphatic rings. The molecule has 0 unspecified atom stereocenters. The largest absolute Gasteiger partial charge is 0.467 e. The molecule has 0 aliphatic carbocycles. The van der Waals surface area contributed by atoms with E-state index in [1.54, 1.807) is 12.1 Å². The molecule has 182 valence electrons. The van der Waals surface area contributed by atoms with Gasteiger partial charge in [-0.1, -0.05) is 66.7 Å². The molecule has 0 radical (unpaired) electrons. The zero-order chi connectivity index (χ0) is 25.1. The summed E-state index contributed by atoms with van der Waals surface area (Å²) in [5.41, 5.74) is 4.07. The SMILES string of the molecule is COC(=O)[C@H](Cc1c[nH]c2ccccc12)NC(=O)N(Cc1ccccc1)N1Cc2ccccc2C1=O. The fourth-order valence-corrected chi connectivity index (χ4v) is 4.54. The molecule has 8 heteroatoms. The van der Waals surface area contributed by atoms with Crippen molar-refractivity contribution in [3.63, 3.8) is 0 Å². The average molecular weight is 483 g/mol. The molecule has 1 aliphatic heterocycles. The summed E-state index contributed by atoms with van der Waals surface area (Å²) in [5.74, 6) is -0.827. The predicted octanol–water partition coefficient (Wildman–Crippen LogP) is 4.03. The third kappa shape index (κ3) is 4.53. The van der Waals surface area contributed by atoms with Crippen LogP contribution in [-0.4, -0.2) is 46.1 Å². The third-order valence-corrected chi connectivity index (χ3v) is 6.39. The molecule has 0 bridgehead atoms. The molecule has 0 saturated heterocycles. The highest BCUT2D eigenvalue weighted by molar-refractivity contribution is 5.99. The summed E-state index contributed by atoms with van der Waals surface area (Å²) in [4.78, 5) is 42.8. The van der Waals surface area contributed by atoms with Crippen LogP contribution in [0.2, 0.25) is 0 Å². The zero-order valence-electron chi connectivity index (χ0n) is 19.8. The number of hydrazine groups is 1. The molecule has 4 aromatic rings. The number of para-hydroxylation sites is 1. The van der Waals surface area contributed by atoms with Crippen LogP contribution in [0.5, 0.6) is 0 Å². The van der Waals surface area contributed by atoms with Crippen LogP contribution in [0.3, 0.4) is 0 Å². The number of carbonyl (C=O) groups is 3. The fourth-order valence-electron chi connectivity index (χ4n) is 4.54. The summed E-state index contributed by atoms with van der Waals surface area (Å²) >= 11 is 0. The van der Waals surface area contributed by atoms with E-state index in [-0.39, 0.29) is 25.4 Å². The lowest BCUT2D eigenvalue weighted by Gasteiger charge is -2.33. The van der Waals surface area contributed by atoms with Crippen LogP contribution in [-0.2, 0) is 29.0 Å². The molecule has 2 heterocycles. The van der Waals surface area contributed by atoms with Crippen molar-refractivity contribution < 1.29 is 19.1 Å². The van der Waals surface area contributed by atoms with E-state index in [0.717, 1.165) is 27.6 Å². The first kappa shape index (κ1) is 23.2. The van der Waals surface area contributed by atoms with Gasteiger partial charge in [0.05, 0.1) is 20.2 Å². The predicted molar refractivity (Wildman–Crippen MR) is 135 cm³/mol. The molecular formula is C28H26N4O4. The molecule has 2 N–H and O–H groups in total. The number of aromatic nitrogens is 1. The maximum absolute atomic E-state index is 13.7. The number of methoxy groups -OCH3 is 1. The number of nitrogens with zero attached hydrogens (tertiary/aromatic N) is 2. The number of esters is 1. The van der Waals surface area contributed by atoms with Crippen LogP contribution in [0.1, 0.15) is 27.0 Å². The van der Waals surface area contributed by atoms with Crippen molar-refractivity contribution in [2.24, 2.45) is 0 Å². The van der Waals surface area contributed by atoms with Gasteiger partial charge < -0.3 is 15.0 Å². The molecule has 8 nitrogen and oxygen atoms in total. The molecule has 3 amide bonds. The highest BCUT2D eigenvalue weighted by Crippen LogP contribution is 2.26. The van der Waals surface area contributed by atoms with Gasteiger partial charge in [0.1, 0.15) is 6.04 Å². The topological polar surface area (TPSA) is 94.7 Å². The lowest BCUT2D eigenvalue weighted by atomic mass is 10.1. The molecule has 3 aromatic carbocycles. The van der Waals surface area contributed by atoms with Crippen LogP contribution in [0, 0.1) is 0 Å². The van der Waals surface area contributed by atoms with E-state index in [1.807, 2.05) is 72.9 Å². The summed E-state index contributed by atoms with van der Waals surface area (Å²) in [6.45, 7) is 0.425. The standard InChI is InChI=1S/C28H26N4O4/c1-36-27(34)25(15-21-16-29-24-14-8-7-12-22(21)24)30-28(35)32(17-19-9-3-2-4-10-19)31-18-20-11-5-6-13-23(20)26(31)33/h2-14,16,25,29H,15,17-18H2,1H3,(H,30,35)/t25-/m0/s1. The second-order valence-corrected chi connectivity index (χ2v) is 8.65. The summed E-state index contributed by atoms with van der Waals surface area (Å²) in [5, 5.41) is 6.57. The van der Waals surface area contributed by atoms with E-state index in [9.17, 15) is 14.4 Å². The Hall–Kier alpha value is -4.59. The van der Waals surface area contributed by atoms with Crippen molar-refractivity contribution in [2.45, 2.75) is 25.6 Å². The van der Waals surface area contributed by atoms with Crippen LogP contribution in [0.15, 0.2) is 85.1 Å². The Morgan fingerprint density at radius 1 is 1.03 bits per heavy atom. The van der Waals surface area contributed by atoms with Crippen LogP contribution in [0.25, 0.3) is 10.9 Å². The second-order valence-electron chi connectivity index (χ2n) is 8.65. The van der Waals surface area contributed by atoms with Crippen molar-refractivity contribution in [1.82, 2.24) is 20.3 Å². The Morgan fingerprint density at radius 2 is 1.75 bits per heavy atom. The van der Waals surface area contributed by atoms with Crippen LogP contribution < -0.4 is 5.32 Å². The number of carbonyl (C=O) groups excluding carboxylic acids is 3. The minimum Gasteiger partial charge on any atom is -0.467 e. The second kappa shape index (κ2) is 9.95. The number of hydrogen-bond donors (Lipinski definition) is 2. The first-order chi connectivity index (χ1) is 17.5. The monoisotopic (exact) mass is 482 g/mol. The smallest absolute Gasteiger partial charge is 0.337 e. The maximum atomic E-state index is 13.7. The molecule has 1 atom stereocenters. The van der Waals surface area contributed by atoms with Gasteiger partial charge in [0.2, 0.25) is 0 Å². The van der Waals surface area contributed by atoms with Gasteiger partial charge in [0.25, 0.3) is 5.91 Å². The minimum atomic E-state index is -0.944. The van der Waals surface area contributed by atoms with E-state index in [1.165, 1.54) is 17.1 Å². The van der Waals surface area contributed by atoms with Crippen molar-refractivity contribution >= 4 is 28.8 Å². The molecule has 1 aromatic heterocycles. The van der Waals surface area contributed by atoms with E-state index >= 15 is 0 Å². The number of rotatable bonds is 7. The number of ether oxygens (including phenoxy) is 1. The molecule has 0 fully saturated rings. The van der Waals surface area contributed by atoms with Crippen LogP contribution >= 0.6 is 0 Å². The molecular weight excluding hydrogens is 456 g/mol. The Balaban J connectivity index is 1.42. The van der Waals surface area contributed by atoms with Gasteiger partial charge in [-0.05, 0) is 28.8 Å². The van der Waals surface area contributed by atoms with Crippen molar-refractivity contribution in [2.75, 3.05) is 7.11 Å². The average Bonchev–Trinajstić information content (AvgIpc) is 3.48. The zero-order valence-corrected chi connectivity index (χ0v) is 19.8. The van der Waals surface area contributed by atoms with E-state index in [4.69, 9.17) is 4.74 Å². The lowest BCUT2D eigenvalue weighted by molar-refractivity contribution is -0.142. The van der Waals surface area contributed by atoms with Crippen LogP contribution in [0.4, 0.5) is 4.79 Å². The third-order valence-electron chi connectivity index (χ3n) is 6.39. The van der Waals surface area contributed by atoms with Crippen molar-refractivity contribution in [3.05, 3.63) is 107 Å². The first-order valence-corrected chi connectivity index (χ1v) is 11.7. The van der Waals surface area contributed by atoms with Gasteiger partial charge in [0.15, 0.2) is 0 Å². The quantitative estimate of drug-likeness (QED) is 0.389. The number of H-pyrrole nitrogens is 1. The van der Waals surface area contributed by atoms with E-state index in [2.05, 4.69) is 10.3 Å². The Morgan fingerprint density at radius 3 is 2.53 bits per heavy atom. The van der Waals surface area contributed by atoms with E-state index < -0.39 is 18.0 Å². The molecule has 0 spiro atoms.